The van der Waals surface area contributed by atoms with Gasteiger partial charge in [-0.25, -0.2) is 21.9 Å². The van der Waals surface area contributed by atoms with Crippen molar-refractivity contribution in [3.05, 3.63) is 29.3 Å². The molecule has 0 aromatic heterocycles. The first kappa shape index (κ1) is 14.9. The van der Waals surface area contributed by atoms with E-state index in [0.717, 1.165) is 6.07 Å². The van der Waals surface area contributed by atoms with Crippen molar-refractivity contribution in [2.45, 2.75) is 30.2 Å². The molecular formula is C13H13F2NO3S. The van der Waals surface area contributed by atoms with Gasteiger partial charge in [-0.15, -0.1) is 0 Å². The molecule has 0 spiro atoms. The third kappa shape index (κ3) is 3.15. The van der Waals surface area contributed by atoms with Crippen LogP contribution in [0.3, 0.4) is 0 Å². The second-order valence-corrected chi connectivity index (χ2v) is 6.51. The van der Waals surface area contributed by atoms with E-state index in [4.69, 9.17) is 5.11 Å². The minimum atomic E-state index is -4.14. The van der Waals surface area contributed by atoms with E-state index in [-0.39, 0.29) is 5.56 Å². The van der Waals surface area contributed by atoms with Crippen LogP contribution in [0.1, 0.15) is 25.3 Å². The molecule has 1 aromatic carbocycles. The first-order valence-electron chi connectivity index (χ1n) is 5.90. The van der Waals surface area contributed by atoms with Gasteiger partial charge in [0.1, 0.15) is 23.1 Å². The fourth-order valence-electron chi connectivity index (χ4n) is 1.73. The summed E-state index contributed by atoms with van der Waals surface area (Å²) in [6.45, 7) is 1.16. The first-order chi connectivity index (χ1) is 9.27. The number of aliphatic hydroxyl groups is 1. The van der Waals surface area contributed by atoms with Gasteiger partial charge in [0.05, 0.1) is 5.56 Å². The molecule has 0 aliphatic heterocycles. The molecule has 0 bridgehead atoms. The Balaban J connectivity index is 2.54. The summed E-state index contributed by atoms with van der Waals surface area (Å²) in [7, 11) is -4.14. The second-order valence-electron chi connectivity index (χ2n) is 4.89. The third-order valence-corrected chi connectivity index (χ3v) is 4.67. The summed E-state index contributed by atoms with van der Waals surface area (Å²) in [6.07, 6.45) is 1.32. The molecule has 0 heterocycles. The van der Waals surface area contributed by atoms with Gasteiger partial charge in [0.15, 0.2) is 0 Å². The average molecular weight is 301 g/mol. The Labute approximate surface area is 115 Å². The maximum absolute atomic E-state index is 13.8. The molecule has 1 aromatic rings. The molecule has 0 amide bonds. The van der Waals surface area contributed by atoms with Crippen LogP contribution in [0.2, 0.25) is 0 Å². The molecule has 7 heteroatoms. The molecule has 1 aliphatic rings. The van der Waals surface area contributed by atoms with Crippen LogP contribution in [0.5, 0.6) is 0 Å². The van der Waals surface area contributed by atoms with Gasteiger partial charge < -0.3 is 5.11 Å². The molecule has 1 fully saturated rings. The molecule has 108 valence electrons. The number of sulfonamides is 1. The van der Waals surface area contributed by atoms with Crippen molar-refractivity contribution in [1.29, 1.82) is 0 Å². The highest BCUT2D eigenvalue weighted by atomic mass is 32.2. The summed E-state index contributed by atoms with van der Waals surface area (Å²) in [5.41, 5.74) is -0.894. The molecule has 2 rings (SSSR count). The summed E-state index contributed by atoms with van der Waals surface area (Å²) >= 11 is 0. The molecule has 1 aliphatic carbocycles. The van der Waals surface area contributed by atoms with E-state index in [2.05, 4.69) is 16.6 Å². The van der Waals surface area contributed by atoms with Gasteiger partial charge in [0.25, 0.3) is 0 Å². The van der Waals surface area contributed by atoms with Crippen molar-refractivity contribution in [1.82, 2.24) is 4.72 Å². The van der Waals surface area contributed by atoms with Crippen LogP contribution in [-0.4, -0.2) is 25.7 Å². The number of benzene rings is 1. The number of hydrogen-bond acceptors (Lipinski definition) is 3. The fourth-order valence-corrected chi connectivity index (χ4v) is 3.40. The molecule has 0 atom stereocenters. The van der Waals surface area contributed by atoms with Crippen molar-refractivity contribution in [3.8, 4) is 11.8 Å². The predicted molar refractivity (Wildman–Crippen MR) is 68.3 cm³/mol. The van der Waals surface area contributed by atoms with Crippen molar-refractivity contribution < 1.29 is 22.3 Å². The van der Waals surface area contributed by atoms with Crippen LogP contribution >= 0.6 is 0 Å². The SMILES string of the molecule is CC1(NS(=O)(=O)c2c(F)cc(F)cc2C#CCO)CC1. The van der Waals surface area contributed by atoms with Gasteiger partial charge in [-0.3, -0.25) is 0 Å². The van der Waals surface area contributed by atoms with Gasteiger partial charge in [-0.05, 0) is 25.8 Å². The lowest BCUT2D eigenvalue weighted by molar-refractivity contribution is 0.350. The molecule has 0 saturated heterocycles. The number of halogens is 2. The van der Waals surface area contributed by atoms with E-state index >= 15 is 0 Å². The monoisotopic (exact) mass is 301 g/mol. The molecule has 4 nitrogen and oxygen atoms in total. The Kier molecular flexibility index (Phi) is 3.82. The lowest BCUT2D eigenvalue weighted by Crippen LogP contribution is -2.35. The zero-order valence-electron chi connectivity index (χ0n) is 10.7. The Morgan fingerprint density at radius 3 is 2.60 bits per heavy atom. The average Bonchev–Trinajstić information content (AvgIpc) is 3.01. The zero-order valence-corrected chi connectivity index (χ0v) is 11.5. The van der Waals surface area contributed by atoms with Gasteiger partial charge >= 0.3 is 0 Å². The van der Waals surface area contributed by atoms with Crippen LogP contribution in [0, 0.1) is 23.5 Å². The van der Waals surface area contributed by atoms with E-state index in [9.17, 15) is 17.2 Å². The lowest BCUT2D eigenvalue weighted by atomic mass is 10.2. The summed E-state index contributed by atoms with van der Waals surface area (Å²) in [6, 6.07) is 1.32. The van der Waals surface area contributed by atoms with Crippen LogP contribution < -0.4 is 4.72 Å². The Morgan fingerprint density at radius 1 is 1.40 bits per heavy atom. The number of aliphatic hydroxyl groups excluding tert-OH is 1. The van der Waals surface area contributed by atoms with Gasteiger partial charge in [-0.1, -0.05) is 11.8 Å². The fraction of sp³-hybridized carbons (Fsp3) is 0.385. The van der Waals surface area contributed by atoms with Gasteiger partial charge in [0, 0.05) is 11.6 Å². The van der Waals surface area contributed by atoms with Crippen LogP contribution in [0.15, 0.2) is 17.0 Å². The first-order valence-corrected chi connectivity index (χ1v) is 7.38. The van der Waals surface area contributed by atoms with Crippen molar-refractivity contribution in [2.24, 2.45) is 0 Å². The zero-order chi connectivity index (χ0) is 15.0. The second kappa shape index (κ2) is 5.13. The Bertz CT molecular complexity index is 700. The number of hydrogen-bond donors (Lipinski definition) is 2. The normalized spacial score (nSPS) is 16.4. The highest BCUT2D eigenvalue weighted by molar-refractivity contribution is 7.89. The minimum Gasteiger partial charge on any atom is -0.384 e. The van der Waals surface area contributed by atoms with E-state index in [1.807, 2.05) is 0 Å². The standard InChI is InChI=1S/C13H13F2NO3S/c1-13(4-5-13)16-20(18,19)12-9(3-2-6-17)7-10(14)8-11(12)15/h7-8,16-17H,4-6H2,1H3. The van der Waals surface area contributed by atoms with Gasteiger partial charge in [-0.2, -0.15) is 0 Å². The summed E-state index contributed by atoms with van der Waals surface area (Å²) in [5, 5.41) is 8.63. The van der Waals surface area contributed by atoms with Crippen molar-refractivity contribution in [3.63, 3.8) is 0 Å². The summed E-state index contributed by atoms with van der Waals surface area (Å²) in [5.74, 6) is 2.31. The topological polar surface area (TPSA) is 66.4 Å². The quantitative estimate of drug-likeness (QED) is 0.823. The van der Waals surface area contributed by atoms with Gasteiger partial charge in [0.2, 0.25) is 10.0 Å². The van der Waals surface area contributed by atoms with Crippen molar-refractivity contribution in [2.75, 3.05) is 6.61 Å². The largest absolute Gasteiger partial charge is 0.384 e. The van der Waals surface area contributed by atoms with Crippen LogP contribution in [0.25, 0.3) is 0 Å². The molecule has 1 saturated carbocycles. The highest BCUT2D eigenvalue weighted by Gasteiger charge is 2.42. The number of nitrogens with one attached hydrogen (secondary N) is 1. The van der Waals surface area contributed by atoms with E-state index in [0.29, 0.717) is 18.9 Å². The van der Waals surface area contributed by atoms with E-state index in [1.54, 1.807) is 6.92 Å². The maximum Gasteiger partial charge on any atom is 0.245 e. The molecule has 0 radical (unpaired) electrons. The van der Waals surface area contributed by atoms with E-state index < -0.39 is 38.7 Å². The van der Waals surface area contributed by atoms with E-state index in [1.165, 1.54) is 0 Å². The smallest absolute Gasteiger partial charge is 0.245 e. The molecular weight excluding hydrogens is 288 g/mol. The third-order valence-electron chi connectivity index (χ3n) is 2.96. The molecule has 0 unspecified atom stereocenters. The summed E-state index contributed by atoms with van der Waals surface area (Å²) < 4.78 is 53.8. The summed E-state index contributed by atoms with van der Waals surface area (Å²) in [4.78, 5) is -0.687. The lowest BCUT2D eigenvalue weighted by Gasteiger charge is -2.14. The van der Waals surface area contributed by atoms with Crippen molar-refractivity contribution >= 4 is 10.0 Å². The predicted octanol–water partition coefficient (Wildman–Crippen LogP) is 1.14. The Morgan fingerprint density at radius 2 is 2.05 bits per heavy atom. The van der Waals surface area contributed by atoms with Crippen LogP contribution in [0.4, 0.5) is 8.78 Å². The molecule has 20 heavy (non-hydrogen) atoms. The van der Waals surface area contributed by atoms with Crippen LogP contribution in [-0.2, 0) is 10.0 Å². The number of rotatable bonds is 3. The maximum atomic E-state index is 13.8. The minimum absolute atomic E-state index is 0.312. The highest BCUT2D eigenvalue weighted by Crippen LogP contribution is 2.36. The Hall–Kier alpha value is -1.49. The molecule has 2 N–H and O–H groups in total.